The number of carbonyl (C=O) groups is 1. The van der Waals surface area contributed by atoms with Crippen molar-refractivity contribution in [1.82, 2.24) is 10.00 Å². The summed E-state index contributed by atoms with van der Waals surface area (Å²) < 4.78 is 8.78. The van der Waals surface area contributed by atoms with Crippen molar-refractivity contribution in [3.63, 3.8) is 0 Å². The topological polar surface area (TPSA) is 67.4 Å². The number of hydrogen-bond acceptors (Lipinski definition) is 3. The lowest BCUT2D eigenvalue weighted by Gasteiger charge is -2.20. The highest BCUT2D eigenvalue weighted by Gasteiger charge is 2.17. The zero-order valence-electron chi connectivity index (χ0n) is 11.4. The van der Waals surface area contributed by atoms with Crippen LogP contribution in [0.4, 0.5) is 4.79 Å². The third-order valence-electron chi connectivity index (χ3n) is 2.24. The zero-order valence-corrected chi connectivity index (χ0v) is 11.4. The summed E-state index contributed by atoms with van der Waals surface area (Å²) in [7, 11) is 1.88. The maximum absolute atomic E-state index is 11.4. The van der Waals surface area contributed by atoms with Gasteiger partial charge < -0.3 is 15.2 Å². The van der Waals surface area contributed by atoms with Gasteiger partial charge in [-0.1, -0.05) is 0 Å². The summed E-state index contributed by atoms with van der Waals surface area (Å²) in [6, 6.07) is 1.88. The van der Waals surface area contributed by atoms with Gasteiger partial charge in [-0.3, -0.25) is 0 Å². The fourth-order valence-corrected chi connectivity index (χ4v) is 1.44. The first-order valence-corrected chi connectivity index (χ1v) is 5.94. The quantitative estimate of drug-likeness (QED) is 0.756. The minimum Gasteiger partial charge on any atom is -0.444 e. The Hall–Kier alpha value is -1.56. The molecular formula is C12H22N3O3+. The number of alkyl carbamates (subject to hydrolysis) is 1. The van der Waals surface area contributed by atoms with Crippen molar-refractivity contribution in [1.29, 1.82) is 0 Å². The van der Waals surface area contributed by atoms with Crippen LogP contribution in [0.15, 0.2) is 18.5 Å². The van der Waals surface area contributed by atoms with E-state index in [-0.39, 0.29) is 6.54 Å². The Kier molecular flexibility index (Phi) is 4.72. The predicted molar refractivity (Wildman–Crippen MR) is 65.9 cm³/mol. The maximum Gasteiger partial charge on any atom is 0.407 e. The standard InChI is InChI=1S/C12H21N3O3/c1-12(2,3)18-11(17)13-8-10(16)9-15-7-5-6-14(15)4/h5-7,10,16H,8-9H2,1-4H3/p+1/t10-/m0/s1. The van der Waals surface area contributed by atoms with Crippen LogP contribution in [-0.2, 0) is 18.3 Å². The molecule has 18 heavy (non-hydrogen) atoms. The molecule has 1 rings (SSSR count). The molecule has 1 aromatic rings. The minimum absolute atomic E-state index is 0.160. The fraction of sp³-hybridized carbons (Fsp3) is 0.667. The molecule has 1 amide bonds. The molecule has 0 aliphatic heterocycles. The molecular weight excluding hydrogens is 234 g/mol. The molecule has 102 valence electrons. The van der Waals surface area contributed by atoms with E-state index in [0.717, 1.165) is 0 Å². The van der Waals surface area contributed by atoms with Gasteiger partial charge >= 0.3 is 6.09 Å². The molecule has 0 bridgehead atoms. The van der Waals surface area contributed by atoms with Crippen molar-refractivity contribution in [2.24, 2.45) is 7.05 Å². The number of aromatic nitrogens is 2. The summed E-state index contributed by atoms with van der Waals surface area (Å²) in [4.78, 5) is 11.4. The van der Waals surface area contributed by atoms with Crippen LogP contribution in [0.3, 0.4) is 0 Å². The van der Waals surface area contributed by atoms with Crippen molar-refractivity contribution in [2.45, 2.75) is 39.0 Å². The highest BCUT2D eigenvalue weighted by molar-refractivity contribution is 5.67. The molecule has 0 saturated carbocycles. The SMILES string of the molecule is C[n+]1cccn1C[C@@H](O)CNC(=O)OC(C)(C)C. The number of rotatable bonds is 4. The normalized spacial score (nSPS) is 13.2. The van der Waals surface area contributed by atoms with Gasteiger partial charge in [-0.15, -0.1) is 4.68 Å². The molecule has 2 N–H and O–H groups in total. The smallest absolute Gasteiger partial charge is 0.407 e. The monoisotopic (exact) mass is 256 g/mol. The molecule has 0 spiro atoms. The van der Waals surface area contributed by atoms with Gasteiger partial charge in [-0.05, 0) is 20.8 Å². The summed E-state index contributed by atoms with van der Waals surface area (Å²) >= 11 is 0. The largest absolute Gasteiger partial charge is 0.444 e. The first-order valence-electron chi connectivity index (χ1n) is 5.94. The predicted octanol–water partition coefficient (Wildman–Crippen LogP) is 0.198. The lowest BCUT2D eigenvalue weighted by atomic mass is 10.2. The van der Waals surface area contributed by atoms with Crippen LogP contribution in [0.5, 0.6) is 0 Å². The van der Waals surface area contributed by atoms with Crippen LogP contribution in [0.1, 0.15) is 20.8 Å². The van der Waals surface area contributed by atoms with Crippen LogP contribution in [0, 0.1) is 0 Å². The number of ether oxygens (including phenoxy) is 1. The Balaban J connectivity index is 2.31. The molecule has 0 aliphatic carbocycles. The fourth-order valence-electron chi connectivity index (χ4n) is 1.44. The van der Waals surface area contributed by atoms with E-state index in [1.807, 2.05) is 34.9 Å². The van der Waals surface area contributed by atoms with Gasteiger partial charge in [-0.25, -0.2) is 4.79 Å². The summed E-state index contributed by atoms with van der Waals surface area (Å²) in [5.74, 6) is 0. The minimum atomic E-state index is -0.656. The number of aryl methyl sites for hydroxylation is 1. The number of hydrogen-bond donors (Lipinski definition) is 2. The first-order chi connectivity index (χ1) is 8.28. The van der Waals surface area contributed by atoms with Gasteiger partial charge in [0.05, 0.1) is 12.3 Å². The average Bonchev–Trinajstić information content (AvgIpc) is 2.59. The molecule has 6 heteroatoms. The second-order valence-corrected chi connectivity index (χ2v) is 5.22. The Bertz CT molecular complexity index is 396. The molecule has 0 aromatic carbocycles. The number of nitrogens with zero attached hydrogens (tertiary/aromatic N) is 2. The van der Waals surface area contributed by atoms with E-state index in [9.17, 15) is 9.90 Å². The summed E-state index contributed by atoms with van der Waals surface area (Å²) in [6.07, 6.45) is 2.57. The third-order valence-corrected chi connectivity index (χ3v) is 2.24. The van der Waals surface area contributed by atoms with E-state index in [4.69, 9.17) is 4.74 Å². The van der Waals surface area contributed by atoms with Crippen LogP contribution >= 0.6 is 0 Å². The van der Waals surface area contributed by atoms with E-state index in [0.29, 0.717) is 6.54 Å². The third kappa shape index (κ3) is 5.18. The molecule has 0 unspecified atom stereocenters. The number of aliphatic hydroxyl groups is 1. The van der Waals surface area contributed by atoms with Gasteiger partial charge in [0.2, 0.25) is 0 Å². The number of carbonyl (C=O) groups excluding carboxylic acids is 1. The van der Waals surface area contributed by atoms with E-state index in [2.05, 4.69) is 5.32 Å². The maximum atomic E-state index is 11.4. The Morgan fingerprint density at radius 1 is 1.56 bits per heavy atom. The van der Waals surface area contributed by atoms with Gasteiger partial charge in [0, 0.05) is 12.6 Å². The lowest BCUT2D eigenvalue weighted by molar-refractivity contribution is -0.754. The average molecular weight is 256 g/mol. The first kappa shape index (κ1) is 14.5. The van der Waals surface area contributed by atoms with Gasteiger partial charge in [0.1, 0.15) is 12.1 Å². The van der Waals surface area contributed by atoms with Crippen molar-refractivity contribution in [3.05, 3.63) is 18.5 Å². The molecule has 0 radical (unpaired) electrons. The van der Waals surface area contributed by atoms with Crippen LogP contribution < -0.4 is 10.00 Å². The van der Waals surface area contributed by atoms with Crippen LogP contribution in [0.2, 0.25) is 0 Å². The summed E-state index contributed by atoms with van der Waals surface area (Å²) in [5.41, 5.74) is -0.526. The highest BCUT2D eigenvalue weighted by Crippen LogP contribution is 2.06. The van der Waals surface area contributed by atoms with Crippen molar-refractivity contribution in [2.75, 3.05) is 6.54 Å². The second kappa shape index (κ2) is 5.86. The summed E-state index contributed by atoms with van der Waals surface area (Å²) in [6.45, 7) is 5.96. The molecule has 1 heterocycles. The Morgan fingerprint density at radius 3 is 2.72 bits per heavy atom. The summed E-state index contributed by atoms with van der Waals surface area (Å²) in [5, 5.41) is 12.3. The van der Waals surface area contributed by atoms with Crippen LogP contribution in [0.25, 0.3) is 0 Å². The zero-order chi connectivity index (χ0) is 13.8. The van der Waals surface area contributed by atoms with Crippen molar-refractivity contribution < 1.29 is 19.3 Å². The van der Waals surface area contributed by atoms with Crippen molar-refractivity contribution in [3.8, 4) is 0 Å². The van der Waals surface area contributed by atoms with E-state index < -0.39 is 17.8 Å². The van der Waals surface area contributed by atoms with Gasteiger partial charge in [-0.2, -0.15) is 4.68 Å². The van der Waals surface area contributed by atoms with E-state index in [1.165, 1.54) is 0 Å². The van der Waals surface area contributed by atoms with E-state index in [1.54, 1.807) is 20.8 Å². The number of amides is 1. The van der Waals surface area contributed by atoms with Crippen molar-refractivity contribution >= 4 is 6.09 Å². The molecule has 0 aliphatic rings. The lowest BCUT2D eigenvalue weighted by Crippen LogP contribution is -2.43. The second-order valence-electron chi connectivity index (χ2n) is 5.22. The molecule has 1 aromatic heterocycles. The molecule has 1 atom stereocenters. The molecule has 6 nitrogen and oxygen atoms in total. The van der Waals surface area contributed by atoms with Gasteiger partial charge in [0.15, 0.2) is 13.2 Å². The van der Waals surface area contributed by atoms with Gasteiger partial charge in [0.25, 0.3) is 0 Å². The number of nitrogens with one attached hydrogen (secondary N) is 1. The Morgan fingerprint density at radius 2 is 2.22 bits per heavy atom. The molecule has 0 saturated heterocycles. The number of aliphatic hydroxyl groups excluding tert-OH is 1. The Labute approximate surface area is 107 Å². The van der Waals surface area contributed by atoms with E-state index >= 15 is 0 Å². The van der Waals surface area contributed by atoms with Crippen LogP contribution in [-0.4, -0.2) is 34.1 Å². The highest BCUT2D eigenvalue weighted by atomic mass is 16.6. The molecule has 0 fully saturated rings.